The number of amides is 1. The molecule has 0 aromatic heterocycles. The topological polar surface area (TPSA) is 55.8 Å². The molecule has 2 aromatic carbocycles. The van der Waals surface area contributed by atoms with E-state index in [1.807, 2.05) is 30.3 Å². The summed E-state index contributed by atoms with van der Waals surface area (Å²) in [5, 5.41) is 0. The molecule has 0 atom stereocenters. The number of hydrogen-bond donors (Lipinski definition) is 0. The summed E-state index contributed by atoms with van der Waals surface area (Å²) in [4.78, 5) is 24.8. The van der Waals surface area contributed by atoms with Crippen molar-refractivity contribution in [3.8, 4) is 11.5 Å². The largest absolute Gasteiger partial charge is 0.494 e. The molecule has 124 valence electrons. The normalized spacial score (nSPS) is 13.2. The summed E-state index contributed by atoms with van der Waals surface area (Å²) in [5.41, 5.74) is 1.20. The van der Waals surface area contributed by atoms with Gasteiger partial charge in [0.1, 0.15) is 17.8 Å². The van der Waals surface area contributed by atoms with Gasteiger partial charge in [0.2, 0.25) is 0 Å². The Hall–Kier alpha value is -2.82. The van der Waals surface area contributed by atoms with Gasteiger partial charge in [-0.1, -0.05) is 18.2 Å². The molecule has 1 aliphatic rings. The maximum Gasteiger partial charge on any atom is 0.265 e. The van der Waals surface area contributed by atoms with Crippen molar-refractivity contribution in [3.05, 3.63) is 54.1 Å². The number of ether oxygens (including phenoxy) is 2. The van der Waals surface area contributed by atoms with E-state index < -0.39 is 0 Å². The minimum absolute atomic E-state index is 0.0357. The summed E-state index contributed by atoms with van der Waals surface area (Å²) < 4.78 is 11.1. The fourth-order valence-corrected chi connectivity index (χ4v) is 2.62. The first-order valence-electron chi connectivity index (χ1n) is 7.98. The zero-order valence-electron chi connectivity index (χ0n) is 13.3. The van der Waals surface area contributed by atoms with Crippen molar-refractivity contribution in [2.75, 3.05) is 24.7 Å². The summed E-state index contributed by atoms with van der Waals surface area (Å²) in [5.74, 6) is 1.40. The Morgan fingerprint density at radius 1 is 1.12 bits per heavy atom. The second-order valence-corrected chi connectivity index (χ2v) is 5.55. The predicted octanol–water partition coefficient (Wildman–Crippen LogP) is 3.08. The van der Waals surface area contributed by atoms with Gasteiger partial charge in [0, 0.05) is 12.1 Å². The number of carbonyl (C=O) groups excluding carboxylic acids is 2. The average molecular weight is 325 g/mol. The maximum absolute atomic E-state index is 12.1. The summed E-state index contributed by atoms with van der Waals surface area (Å²) >= 11 is 0. The number of carbonyl (C=O) groups is 2. The van der Waals surface area contributed by atoms with Gasteiger partial charge in [-0.15, -0.1) is 0 Å². The molecule has 0 saturated heterocycles. The lowest BCUT2D eigenvalue weighted by Crippen LogP contribution is -2.39. The quantitative estimate of drug-likeness (QED) is 0.580. The first-order valence-corrected chi connectivity index (χ1v) is 7.98. The number of rotatable bonds is 7. The van der Waals surface area contributed by atoms with Crippen molar-refractivity contribution in [3.63, 3.8) is 0 Å². The first-order chi connectivity index (χ1) is 11.8. The fraction of sp³-hybridized carbons (Fsp3) is 0.263. The van der Waals surface area contributed by atoms with Gasteiger partial charge in [0.05, 0.1) is 12.3 Å². The number of hydrogen-bond acceptors (Lipinski definition) is 4. The number of nitrogens with zero attached hydrogens (tertiary/aromatic N) is 1. The van der Waals surface area contributed by atoms with Gasteiger partial charge in [-0.25, -0.2) is 0 Å². The smallest absolute Gasteiger partial charge is 0.265 e. The Morgan fingerprint density at radius 3 is 2.75 bits per heavy atom. The second kappa shape index (κ2) is 7.64. The molecule has 2 aromatic rings. The van der Waals surface area contributed by atoms with Crippen LogP contribution in [-0.2, 0) is 4.79 Å². The fourth-order valence-electron chi connectivity index (χ4n) is 2.62. The highest BCUT2D eigenvalue weighted by Crippen LogP contribution is 2.32. The molecule has 0 aliphatic carbocycles. The Kier molecular flexibility index (Phi) is 5.11. The molecule has 3 rings (SSSR count). The van der Waals surface area contributed by atoms with Gasteiger partial charge in [-0.05, 0) is 43.2 Å². The van der Waals surface area contributed by atoms with Crippen molar-refractivity contribution in [2.45, 2.75) is 12.8 Å². The van der Waals surface area contributed by atoms with Crippen molar-refractivity contribution in [1.82, 2.24) is 0 Å². The zero-order valence-corrected chi connectivity index (χ0v) is 13.3. The molecule has 0 radical (unpaired) electrons. The minimum Gasteiger partial charge on any atom is -0.494 e. The Morgan fingerprint density at radius 2 is 1.96 bits per heavy atom. The van der Waals surface area contributed by atoms with Crippen molar-refractivity contribution in [1.29, 1.82) is 0 Å². The van der Waals surface area contributed by atoms with Gasteiger partial charge < -0.3 is 14.4 Å². The molecular formula is C19H19NO4. The van der Waals surface area contributed by atoms with Crippen LogP contribution >= 0.6 is 0 Å². The maximum atomic E-state index is 12.1. The summed E-state index contributed by atoms with van der Waals surface area (Å²) in [6.45, 7) is 1.22. The van der Waals surface area contributed by atoms with E-state index in [9.17, 15) is 9.59 Å². The van der Waals surface area contributed by atoms with Gasteiger partial charge in [-0.3, -0.25) is 9.59 Å². The minimum atomic E-state index is -0.0884. The molecule has 5 heteroatoms. The molecule has 0 N–H and O–H groups in total. The molecule has 0 bridgehead atoms. The van der Waals surface area contributed by atoms with E-state index in [1.54, 1.807) is 23.1 Å². The Labute approximate surface area is 140 Å². The van der Waals surface area contributed by atoms with Crippen LogP contribution in [0, 0.1) is 0 Å². The average Bonchev–Trinajstić information content (AvgIpc) is 2.63. The summed E-state index contributed by atoms with van der Waals surface area (Å²) in [7, 11) is 0. The van der Waals surface area contributed by atoms with Crippen LogP contribution in [0.1, 0.15) is 23.2 Å². The molecule has 0 saturated carbocycles. The highest BCUT2D eigenvalue weighted by Gasteiger charge is 2.25. The predicted molar refractivity (Wildman–Crippen MR) is 90.8 cm³/mol. The zero-order chi connectivity index (χ0) is 16.8. The first kappa shape index (κ1) is 16.1. The van der Waals surface area contributed by atoms with E-state index >= 15 is 0 Å². The molecule has 1 amide bonds. The molecule has 24 heavy (non-hydrogen) atoms. The highest BCUT2D eigenvalue weighted by molar-refractivity contribution is 5.98. The van der Waals surface area contributed by atoms with Gasteiger partial charge >= 0.3 is 0 Å². The number of fused-ring (bicyclic) bond motifs is 1. The van der Waals surface area contributed by atoms with Crippen molar-refractivity contribution in [2.24, 2.45) is 0 Å². The Balaban J connectivity index is 1.55. The standard InChI is InChI=1S/C19H19NO4/c21-13-15-8-9-18-17(12-15)20(19(22)14-24-18)10-4-5-11-23-16-6-2-1-3-7-16/h1-3,6-9,12-13H,4-5,10-11,14H2. The second-order valence-electron chi connectivity index (χ2n) is 5.55. The van der Waals surface area contributed by atoms with Gasteiger partial charge in [-0.2, -0.15) is 0 Å². The number of para-hydroxylation sites is 1. The van der Waals surface area contributed by atoms with Crippen LogP contribution in [0.2, 0.25) is 0 Å². The van der Waals surface area contributed by atoms with Gasteiger partial charge in [0.15, 0.2) is 6.61 Å². The molecule has 0 spiro atoms. The molecule has 1 heterocycles. The lowest BCUT2D eigenvalue weighted by atomic mass is 10.1. The van der Waals surface area contributed by atoms with Gasteiger partial charge in [0.25, 0.3) is 5.91 Å². The Bertz CT molecular complexity index is 715. The van der Waals surface area contributed by atoms with Crippen LogP contribution in [0.3, 0.4) is 0 Å². The SMILES string of the molecule is O=Cc1ccc2c(c1)N(CCCCOc1ccccc1)C(=O)CO2. The number of benzene rings is 2. The third-order valence-electron chi connectivity index (χ3n) is 3.85. The molecule has 1 aliphatic heterocycles. The van der Waals surface area contributed by atoms with Crippen LogP contribution < -0.4 is 14.4 Å². The van der Waals surface area contributed by atoms with Crippen LogP contribution in [0.5, 0.6) is 11.5 Å². The van der Waals surface area contributed by atoms with Crippen LogP contribution in [0.4, 0.5) is 5.69 Å². The summed E-state index contributed by atoms with van der Waals surface area (Å²) in [6, 6.07) is 14.8. The highest BCUT2D eigenvalue weighted by atomic mass is 16.5. The molecule has 0 unspecified atom stereocenters. The lowest BCUT2D eigenvalue weighted by Gasteiger charge is -2.29. The lowest BCUT2D eigenvalue weighted by molar-refractivity contribution is -0.121. The molecular weight excluding hydrogens is 306 g/mol. The molecule has 0 fully saturated rings. The third-order valence-corrected chi connectivity index (χ3v) is 3.85. The number of aldehydes is 1. The number of unbranched alkanes of at least 4 members (excludes halogenated alkanes) is 1. The van der Waals surface area contributed by atoms with Crippen LogP contribution in [0.25, 0.3) is 0 Å². The third kappa shape index (κ3) is 3.74. The molecule has 5 nitrogen and oxygen atoms in total. The van der Waals surface area contributed by atoms with Crippen molar-refractivity contribution >= 4 is 17.9 Å². The van der Waals surface area contributed by atoms with Crippen molar-refractivity contribution < 1.29 is 19.1 Å². The number of anilines is 1. The van der Waals surface area contributed by atoms with E-state index in [4.69, 9.17) is 9.47 Å². The van der Waals surface area contributed by atoms with Crippen LogP contribution in [-0.4, -0.2) is 32.0 Å². The van der Waals surface area contributed by atoms with Crippen LogP contribution in [0.15, 0.2) is 48.5 Å². The van der Waals surface area contributed by atoms with E-state index in [2.05, 4.69) is 0 Å². The van der Waals surface area contributed by atoms with E-state index in [0.717, 1.165) is 24.9 Å². The van der Waals surface area contributed by atoms with E-state index in [1.165, 1.54) is 0 Å². The van der Waals surface area contributed by atoms with E-state index in [-0.39, 0.29) is 12.5 Å². The van der Waals surface area contributed by atoms with E-state index in [0.29, 0.717) is 30.2 Å². The summed E-state index contributed by atoms with van der Waals surface area (Å²) in [6.07, 6.45) is 2.41. The monoisotopic (exact) mass is 325 g/mol.